The van der Waals surface area contributed by atoms with E-state index in [2.05, 4.69) is 4.99 Å². The Morgan fingerprint density at radius 2 is 1.84 bits per heavy atom. The number of amides is 1. The highest BCUT2D eigenvalue weighted by molar-refractivity contribution is 8.14. The van der Waals surface area contributed by atoms with Crippen LogP contribution in [0.5, 0.6) is 0 Å². The predicted octanol–water partition coefficient (Wildman–Crippen LogP) is 4.84. The second-order valence-corrected chi connectivity index (χ2v) is 11.4. The van der Waals surface area contributed by atoms with Crippen molar-refractivity contribution in [2.24, 2.45) is 4.99 Å². The van der Waals surface area contributed by atoms with Gasteiger partial charge < -0.3 is 24.1 Å². The summed E-state index contributed by atoms with van der Waals surface area (Å²) in [5.74, 6) is -2.19. The molecule has 208 valence electrons. The number of rotatable bonds is 6. The van der Waals surface area contributed by atoms with Crippen LogP contribution >= 0.6 is 11.8 Å². The van der Waals surface area contributed by atoms with Crippen LogP contribution in [0.4, 0.5) is 22.4 Å². The number of benzene rings is 1. The number of carbonyl (C=O) groups is 1. The Morgan fingerprint density at radius 1 is 1.22 bits per heavy atom. The number of halogens is 4. The lowest BCUT2D eigenvalue weighted by Crippen LogP contribution is -2.55. The highest BCUT2D eigenvalue weighted by Crippen LogP contribution is 2.42. The summed E-state index contributed by atoms with van der Waals surface area (Å²) in [6.45, 7) is 7.40. The quantitative estimate of drug-likeness (QED) is 0.399. The van der Waals surface area contributed by atoms with Crippen LogP contribution in [-0.2, 0) is 25.6 Å². The van der Waals surface area contributed by atoms with E-state index < -0.39 is 65.9 Å². The molecule has 5 atom stereocenters. The summed E-state index contributed by atoms with van der Waals surface area (Å²) >= 11 is 0.961. The molecule has 2 heterocycles. The van der Waals surface area contributed by atoms with Crippen molar-refractivity contribution in [3.05, 3.63) is 35.6 Å². The van der Waals surface area contributed by atoms with Crippen molar-refractivity contribution in [3.63, 3.8) is 0 Å². The Bertz CT molecular complexity index is 977. The van der Waals surface area contributed by atoms with Gasteiger partial charge in [-0.15, -0.1) is 0 Å². The van der Waals surface area contributed by atoms with E-state index in [-0.39, 0.29) is 11.6 Å². The Kier molecular flexibility index (Phi) is 8.85. The molecule has 0 radical (unpaired) electrons. The molecule has 0 bridgehead atoms. The maximum atomic E-state index is 14.1. The summed E-state index contributed by atoms with van der Waals surface area (Å²) in [6, 6.07) is 4.13. The van der Waals surface area contributed by atoms with Crippen LogP contribution in [0.2, 0.25) is 0 Å². The van der Waals surface area contributed by atoms with Crippen LogP contribution in [0.1, 0.15) is 46.6 Å². The number of ether oxygens (including phenoxy) is 4. The molecule has 0 aromatic heterocycles. The lowest BCUT2D eigenvalue weighted by atomic mass is 9.97. The van der Waals surface area contributed by atoms with Gasteiger partial charge >= 0.3 is 12.3 Å². The molecule has 1 amide bonds. The van der Waals surface area contributed by atoms with E-state index in [4.69, 9.17) is 18.9 Å². The lowest BCUT2D eigenvalue weighted by molar-refractivity contribution is -0.282. The van der Waals surface area contributed by atoms with Gasteiger partial charge in [-0.2, -0.15) is 13.2 Å². The normalized spacial score (nSPS) is 25.3. The molecule has 0 saturated carbocycles. The van der Waals surface area contributed by atoms with Gasteiger partial charge in [-0.1, -0.05) is 23.9 Å². The fraction of sp³-hybridized carbons (Fsp3) is 0.667. The number of amidine groups is 1. The third-order valence-electron chi connectivity index (χ3n) is 5.31. The maximum Gasteiger partial charge on any atom is 0.417 e. The first-order valence-corrected chi connectivity index (χ1v) is 12.5. The third kappa shape index (κ3) is 8.28. The van der Waals surface area contributed by atoms with Gasteiger partial charge in [0.05, 0.1) is 18.8 Å². The molecule has 2 aliphatic heterocycles. The number of nitrogens with zero attached hydrogens (tertiary/aromatic N) is 2. The first-order valence-electron chi connectivity index (χ1n) is 11.6. The fourth-order valence-electron chi connectivity index (χ4n) is 3.79. The topological polar surface area (TPSA) is 89.8 Å². The minimum absolute atomic E-state index is 0.185. The van der Waals surface area contributed by atoms with Gasteiger partial charge in [0.1, 0.15) is 22.9 Å². The summed E-state index contributed by atoms with van der Waals surface area (Å²) in [7, 11) is 1.44. The van der Waals surface area contributed by atoms with E-state index in [9.17, 15) is 27.5 Å². The Labute approximate surface area is 217 Å². The molecule has 3 rings (SSSR count). The molecule has 1 aromatic rings. The summed E-state index contributed by atoms with van der Waals surface area (Å²) in [6.07, 6.45) is -10.6. The van der Waals surface area contributed by atoms with E-state index in [1.807, 2.05) is 0 Å². The van der Waals surface area contributed by atoms with Crippen LogP contribution in [0, 0.1) is 5.82 Å². The first-order chi connectivity index (χ1) is 16.9. The van der Waals surface area contributed by atoms with Gasteiger partial charge in [-0.05, 0) is 52.3 Å². The highest BCUT2D eigenvalue weighted by atomic mass is 32.2. The molecule has 1 aromatic carbocycles. The van der Waals surface area contributed by atoms with Crippen molar-refractivity contribution in [3.8, 4) is 0 Å². The molecule has 8 nitrogen and oxygen atoms in total. The molecule has 37 heavy (non-hydrogen) atoms. The number of hydrogen-bond donors (Lipinski definition) is 1. The lowest BCUT2D eigenvalue weighted by Gasteiger charge is -2.41. The molecular formula is C24H32F4N2O6S. The molecule has 1 saturated heterocycles. The van der Waals surface area contributed by atoms with E-state index >= 15 is 0 Å². The Balaban J connectivity index is 1.81. The molecule has 1 N–H and O–H groups in total. The zero-order valence-corrected chi connectivity index (χ0v) is 22.2. The number of hydrogen-bond acceptors (Lipinski definition) is 8. The summed E-state index contributed by atoms with van der Waals surface area (Å²) in [4.78, 5) is 18.1. The zero-order chi connectivity index (χ0) is 27.8. The van der Waals surface area contributed by atoms with Gasteiger partial charge in [0.2, 0.25) is 0 Å². The van der Waals surface area contributed by atoms with E-state index in [1.54, 1.807) is 20.8 Å². The van der Waals surface area contributed by atoms with Crippen molar-refractivity contribution >= 4 is 23.0 Å². The largest absolute Gasteiger partial charge is 0.443 e. The number of aliphatic imine (C=N–C) groups is 1. The second kappa shape index (κ2) is 11.0. The van der Waals surface area contributed by atoms with Gasteiger partial charge in [0.15, 0.2) is 17.1 Å². The van der Waals surface area contributed by atoms with Gasteiger partial charge in [-0.25, -0.2) is 9.18 Å². The predicted molar refractivity (Wildman–Crippen MR) is 128 cm³/mol. The van der Waals surface area contributed by atoms with Crippen LogP contribution in [-0.4, -0.2) is 75.7 Å². The van der Waals surface area contributed by atoms with Crippen molar-refractivity contribution in [2.45, 2.75) is 95.0 Å². The average Bonchev–Trinajstić information content (AvgIpc) is 3.16. The second-order valence-electron chi connectivity index (χ2n) is 10.3. The summed E-state index contributed by atoms with van der Waals surface area (Å²) < 4.78 is 77.5. The molecule has 13 heteroatoms. The van der Waals surface area contributed by atoms with E-state index in [1.165, 1.54) is 33.0 Å². The number of fused-ring (bicyclic) bond motifs is 1. The van der Waals surface area contributed by atoms with Gasteiger partial charge in [-0.3, -0.25) is 9.89 Å². The van der Waals surface area contributed by atoms with Crippen molar-refractivity contribution in [2.75, 3.05) is 7.05 Å². The summed E-state index contributed by atoms with van der Waals surface area (Å²) in [5, 5.41) is 10.4. The van der Waals surface area contributed by atoms with Crippen molar-refractivity contribution in [1.82, 2.24) is 4.90 Å². The molecule has 0 aliphatic carbocycles. The minimum Gasteiger partial charge on any atom is -0.443 e. The van der Waals surface area contributed by atoms with E-state index in [0.29, 0.717) is 5.56 Å². The third-order valence-corrected chi connectivity index (χ3v) is 6.52. The molecular weight excluding hydrogens is 520 g/mol. The van der Waals surface area contributed by atoms with Crippen LogP contribution in [0.15, 0.2) is 29.3 Å². The van der Waals surface area contributed by atoms with E-state index in [0.717, 1.165) is 28.8 Å². The fourth-order valence-corrected chi connectivity index (χ4v) is 4.99. The van der Waals surface area contributed by atoms with Crippen LogP contribution in [0.3, 0.4) is 0 Å². The zero-order valence-electron chi connectivity index (χ0n) is 21.4. The maximum absolute atomic E-state index is 14.1. The van der Waals surface area contributed by atoms with Crippen LogP contribution in [0.25, 0.3) is 0 Å². The van der Waals surface area contributed by atoms with Crippen molar-refractivity contribution in [1.29, 1.82) is 0 Å². The molecule has 2 aliphatic rings. The number of alkyl halides is 3. The Morgan fingerprint density at radius 3 is 2.38 bits per heavy atom. The number of thioether (sulfide) groups is 1. The highest BCUT2D eigenvalue weighted by Gasteiger charge is 2.54. The van der Waals surface area contributed by atoms with Gasteiger partial charge in [0.25, 0.3) is 0 Å². The number of carbonyl (C=O) groups excluding carboxylic acids is 1. The standard InChI is InChI=1S/C24H32F4N2O6S/c1-22(2,3)36-21(31)30(6)20-29-17-15(35-23(4,5)32)11-16(34-19(17)37-20)18(24(26,27)28)33-12-13-7-9-14(25)10-8-13/h7-10,15-19,32H,11-12H2,1-6H3/t15-,16-,17+,18+,19+/m0/s1. The number of aliphatic hydroxyl groups is 1. The smallest absolute Gasteiger partial charge is 0.417 e. The first kappa shape index (κ1) is 29.6. The average molecular weight is 553 g/mol. The van der Waals surface area contributed by atoms with Crippen molar-refractivity contribution < 1.29 is 46.4 Å². The molecule has 1 fully saturated rings. The minimum atomic E-state index is -4.79. The molecule has 0 spiro atoms. The summed E-state index contributed by atoms with van der Waals surface area (Å²) in [5.41, 5.74) is -1.35. The monoisotopic (exact) mass is 552 g/mol. The van der Waals surface area contributed by atoms with Gasteiger partial charge in [0, 0.05) is 13.5 Å². The SMILES string of the molecule is CN(C(=O)OC(C)(C)C)C1=N[C@@H]2[C@@H](OC(C)(C)O)C[C@@H]([C@@H](OCc3ccc(F)cc3)C(F)(F)F)O[C@@H]2S1. The molecule has 0 unspecified atom stereocenters. The van der Waals surface area contributed by atoms with Crippen LogP contribution < -0.4 is 0 Å². The Hall–Kier alpha value is -1.93.